The average Bonchev–Trinajstić information content (AvgIpc) is 3.10. The molecule has 142 valence electrons. The Balaban J connectivity index is 1.60. The van der Waals surface area contributed by atoms with Crippen molar-refractivity contribution in [2.75, 3.05) is 0 Å². The van der Waals surface area contributed by atoms with Crippen LogP contribution in [0.15, 0.2) is 46.8 Å². The van der Waals surface area contributed by atoms with Crippen LogP contribution in [-0.2, 0) is 16.8 Å². The minimum Gasteiger partial charge on any atom is -0.350 e. The molecule has 1 amide bonds. The van der Waals surface area contributed by atoms with Crippen LogP contribution in [0.3, 0.4) is 0 Å². The summed E-state index contributed by atoms with van der Waals surface area (Å²) in [5.74, 6) is -0.0836. The highest BCUT2D eigenvalue weighted by atomic mass is 32.1. The molecule has 3 aromatic rings. The third kappa shape index (κ3) is 4.45. The van der Waals surface area contributed by atoms with Crippen molar-refractivity contribution in [3.05, 3.63) is 63.5 Å². The number of nitrogens with zero attached hydrogens (tertiary/aromatic N) is 2. The second-order valence-corrected chi connectivity index (χ2v) is 8.69. The van der Waals surface area contributed by atoms with Crippen molar-refractivity contribution in [1.82, 2.24) is 14.9 Å². The molecule has 0 aliphatic rings. The highest BCUT2D eigenvalue weighted by molar-refractivity contribution is 7.16. The molecule has 5 nitrogen and oxygen atoms in total. The third-order valence-corrected chi connectivity index (χ3v) is 5.51. The Labute approximate surface area is 163 Å². The van der Waals surface area contributed by atoms with Crippen molar-refractivity contribution in [2.24, 2.45) is 0 Å². The second-order valence-electron chi connectivity index (χ2n) is 7.79. The summed E-state index contributed by atoms with van der Waals surface area (Å²) in [6.45, 7) is 8.82. The van der Waals surface area contributed by atoms with Gasteiger partial charge in [0.15, 0.2) is 0 Å². The average molecular weight is 384 g/mol. The predicted molar refractivity (Wildman–Crippen MR) is 110 cm³/mol. The van der Waals surface area contributed by atoms with Crippen molar-refractivity contribution in [3.63, 3.8) is 0 Å². The van der Waals surface area contributed by atoms with Crippen LogP contribution >= 0.6 is 11.3 Å². The lowest BCUT2D eigenvalue weighted by molar-refractivity contribution is -0.121. The normalized spacial score (nSPS) is 12.9. The van der Waals surface area contributed by atoms with Crippen LogP contribution in [0, 0.1) is 0 Å². The van der Waals surface area contributed by atoms with Crippen molar-refractivity contribution >= 4 is 27.5 Å². The zero-order valence-electron chi connectivity index (χ0n) is 16.2. The van der Waals surface area contributed by atoms with E-state index in [0.717, 1.165) is 10.4 Å². The number of fused-ring (bicyclic) bond motifs is 1. The third-order valence-electron chi connectivity index (χ3n) is 4.68. The fourth-order valence-electron chi connectivity index (χ4n) is 2.94. The first-order valence-electron chi connectivity index (χ1n) is 9.08. The summed E-state index contributed by atoms with van der Waals surface area (Å²) in [6, 6.07) is 10.0. The van der Waals surface area contributed by atoms with Gasteiger partial charge in [0.2, 0.25) is 5.91 Å². The summed E-state index contributed by atoms with van der Waals surface area (Å²) in [4.78, 5) is 29.7. The van der Waals surface area contributed by atoms with E-state index in [2.05, 4.69) is 55.3 Å². The van der Waals surface area contributed by atoms with E-state index in [1.54, 1.807) is 6.07 Å². The second kappa shape index (κ2) is 7.64. The molecule has 2 aromatic heterocycles. The van der Waals surface area contributed by atoms with Crippen molar-refractivity contribution in [3.8, 4) is 0 Å². The molecule has 0 aliphatic carbocycles. The van der Waals surface area contributed by atoms with Gasteiger partial charge in [-0.15, -0.1) is 11.3 Å². The number of benzene rings is 1. The number of nitrogens with one attached hydrogen (secondary N) is 1. The molecular weight excluding hydrogens is 358 g/mol. The molecule has 1 aromatic carbocycles. The molecule has 2 heterocycles. The lowest BCUT2D eigenvalue weighted by Crippen LogP contribution is -2.29. The Kier molecular flexibility index (Phi) is 5.46. The SMILES string of the molecule is CC(NC(=O)CCn1cnc2sccc2c1=O)c1ccc(C(C)(C)C)cc1. The van der Waals surface area contributed by atoms with E-state index < -0.39 is 0 Å². The largest absolute Gasteiger partial charge is 0.350 e. The zero-order valence-corrected chi connectivity index (χ0v) is 17.0. The van der Waals surface area contributed by atoms with Gasteiger partial charge in [0, 0.05) is 13.0 Å². The van der Waals surface area contributed by atoms with Gasteiger partial charge in [-0.3, -0.25) is 14.2 Å². The molecule has 1 atom stereocenters. The molecule has 1 N–H and O–H groups in total. The Hall–Kier alpha value is -2.47. The minimum atomic E-state index is -0.0973. The fourth-order valence-corrected chi connectivity index (χ4v) is 3.67. The fraction of sp³-hybridized carbons (Fsp3) is 0.381. The quantitative estimate of drug-likeness (QED) is 0.724. The molecular formula is C21H25N3O2S. The van der Waals surface area contributed by atoms with Gasteiger partial charge in [0.1, 0.15) is 4.83 Å². The standard InChI is InChI=1S/C21H25N3O2S/c1-14(15-5-7-16(8-6-15)21(2,3)4)23-18(25)9-11-24-13-22-19-17(20(24)26)10-12-27-19/h5-8,10,12-14H,9,11H2,1-4H3,(H,23,25). The summed E-state index contributed by atoms with van der Waals surface area (Å²) in [6.07, 6.45) is 1.75. The van der Waals surface area contributed by atoms with E-state index in [-0.39, 0.29) is 29.3 Å². The van der Waals surface area contributed by atoms with E-state index in [1.165, 1.54) is 27.8 Å². The monoisotopic (exact) mass is 383 g/mol. The van der Waals surface area contributed by atoms with E-state index in [4.69, 9.17) is 0 Å². The van der Waals surface area contributed by atoms with E-state index in [0.29, 0.717) is 11.9 Å². The maximum absolute atomic E-state index is 12.4. The number of amides is 1. The van der Waals surface area contributed by atoms with Gasteiger partial charge < -0.3 is 5.32 Å². The molecule has 0 spiro atoms. The smallest absolute Gasteiger partial charge is 0.262 e. The molecule has 3 rings (SSSR count). The van der Waals surface area contributed by atoms with E-state index in [1.807, 2.05) is 12.3 Å². The molecule has 0 radical (unpaired) electrons. The Morgan fingerprint density at radius 3 is 2.59 bits per heavy atom. The first kappa shape index (κ1) is 19.3. The summed E-state index contributed by atoms with van der Waals surface area (Å²) in [5, 5.41) is 5.46. The van der Waals surface area contributed by atoms with Crippen LogP contribution in [-0.4, -0.2) is 15.5 Å². The Bertz CT molecular complexity index is 997. The van der Waals surface area contributed by atoms with Gasteiger partial charge in [-0.25, -0.2) is 4.98 Å². The molecule has 0 bridgehead atoms. The van der Waals surface area contributed by atoms with Crippen molar-refractivity contribution < 1.29 is 4.79 Å². The molecule has 27 heavy (non-hydrogen) atoms. The van der Waals surface area contributed by atoms with Crippen molar-refractivity contribution in [2.45, 2.75) is 52.1 Å². The summed E-state index contributed by atoms with van der Waals surface area (Å²) in [5.41, 5.74) is 2.34. The molecule has 0 aliphatic heterocycles. The van der Waals surface area contributed by atoms with Gasteiger partial charge in [-0.2, -0.15) is 0 Å². The van der Waals surface area contributed by atoms with E-state index in [9.17, 15) is 9.59 Å². The summed E-state index contributed by atoms with van der Waals surface area (Å²) in [7, 11) is 0. The Morgan fingerprint density at radius 2 is 1.93 bits per heavy atom. The van der Waals surface area contributed by atoms with E-state index >= 15 is 0 Å². The maximum Gasteiger partial charge on any atom is 0.262 e. The predicted octanol–water partition coefficient (Wildman–Crippen LogP) is 4.02. The number of carbonyl (C=O) groups is 1. The van der Waals surface area contributed by atoms with Gasteiger partial charge in [0.25, 0.3) is 5.56 Å². The van der Waals surface area contributed by atoms with Gasteiger partial charge in [-0.05, 0) is 34.9 Å². The van der Waals surface area contributed by atoms with Crippen LogP contribution in [0.25, 0.3) is 10.2 Å². The molecule has 6 heteroatoms. The summed E-state index contributed by atoms with van der Waals surface area (Å²) < 4.78 is 1.50. The van der Waals surface area contributed by atoms with Gasteiger partial charge >= 0.3 is 0 Å². The van der Waals surface area contributed by atoms with Crippen molar-refractivity contribution in [1.29, 1.82) is 0 Å². The van der Waals surface area contributed by atoms with Crippen LogP contribution < -0.4 is 10.9 Å². The molecule has 1 unspecified atom stereocenters. The lowest BCUT2D eigenvalue weighted by atomic mass is 9.86. The first-order valence-corrected chi connectivity index (χ1v) is 9.96. The van der Waals surface area contributed by atoms with Crippen LogP contribution in [0.1, 0.15) is 51.3 Å². The van der Waals surface area contributed by atoms with Gasteiger partial charge in [-0.1, -0.05) is 45.0 Å². The number of rotatable bonds is 5. The highest BCUT2D eigenvalue weighted by Gasteiger charge is 2.15. The minimum absolute atomic E-state index is 0.0827. The number of hydrogen-bond acceptors (Lipinski definition) is 4. The number of aromatic nitrogens is 2. The number of carbonyl (C=O) groups excluding carboxylic acids is 1. The zero-order chi connectivity index (χ0) is 19.6. The van der Waals surface area contributed by atoms with Gasteiger partial charge in [0.05, 0.1) is 17.8 Å². The maximum atomic E-state index is 12.4. The number of thiophene rings is 1. The molecule has 0 saturated heterocycles. The van der Waals surface area contributed by atoms with Crippen LogP contribution in [0.5, 0.6) is 0 Å². The number of aryl methyl sites for hydroxylation is 1. The summed E-state index contributed by atoms with van der Waals surface area (Å²) >= 11 is 1.44. The first-order chi connectivity index (χ1) is 12.8. The topological polar surface area (TPSA) is 64.0 Å². The van der Waals surface area contributed by atoms with Crippen LogP contribution in [0.4, 0.5) is 0 Å². The molecule has 0 saturated carbocycles. The highest BCUT2D eigenvalue weighted by Crippen LogP contribution is 2.24. The van der Waals surface area contributed by atoms with Crippen LogP contribution in [0.2, 0.25) is 0 Å². The molecule has 0 fully saturated rings. The lowest BCUT2D eigenvalue weighted by Gasteiger charge is -2.20. The Morgan fingerprint density at radius 1 is 1.22 bits per heavy atom. The number of hydrogen-bond donors (Lipinski definition) is 1.